The van der Waals surface area contributed by atoms with E-state index in [2.05, 4.69) is 66.4 Å². The molecule has 1 aliphatic rings. The first kappa shape index (κ1) is 28.5. The molecule has 0 saturated heterocycles. The molecule has 1 rings (SSSR count). The van der Waals surface area contributed by atoms with Crippen molar-refractivity contribution < 1.29 is 0 Å². The fraction of sp³-hybridized carbons (Fsp3) is 0.867. The lowest BCUT2D eigenvalue weighted by Gasteiger charge is -2.28. The summed E-state index contributed by atoms with van der Waals surface area (Å²) < 4.78 is 0. The molecule has 0 aromatic rings. The van der Waals surface area contributed by atoms with Crippen LogP contribution in [-0.2, 0) is 0 Å². The van der Waals surface area contributed by atoms with Crippen LogP contribution in [0.5, 0.6) is 0 Å². The van der Waals surface area contributed by atoms with Crippen LogP contribution in [0.2, 0.25) is 0 Å². The first-order chi connectivity index (χ1) is 14.9. The number of hydrogen-bond donors (Lipinski definition) is 0. The maximum atomic E-state index is 2.77. The van der Waals surface area contributed by atoms with Crippen LogP contribution in [0, 0.1) is 23.7 Å². The van der Waals surface area contributed by atoms with Crippen molar-refractivity contribution in [1.29, 1.82) is 0 Å². The molecule has 0 bridgehead atoms. The average Bonchev–Trinajstić information content (AvgIpc) is 3.13. The van der Waals surface area contributed by atoms with Crippen molar-refractivity contribution in [2.24, 2.45) is 23.7 Å². The monoisotopic (exact) mass is 431 g/mol. The van der Waals surface area contributed by atoms with Crippen LogP contribution in [0.25, 0.3) is 0 Å². The highest BCUT2D eigenvalue weighted by molar-refractivity contribution is 5.47. The Labute approximate surface area is 197 Å². The van der Waals surface area contributed by atoms with Gasteiger partial charge in [-0.2, -0.15) is 0 Å². The van der Waals surface area contributed by atoms with Crippen LogP contribution in [0.4, 0.5) is 0 Å². The van der Waals surface area contributed by atoms with Gasteiger partial charge >= 0.3 is 0 Å². The highest BCUT2D eigenvalue weighted by atomic mass is 15.1. The van der Waals surface area contributed by atoms with Gasteiger partial charge in [0, 0.05) is 12.5 Å². The molecule has 1 nitrogen and oxygen atoms in total. The van der Waals surface area contributed by atoms with Crippen LogP contribution < -0.4 is 0 Å². The SMILES string of the molecule is CCCCN(CCCC)CCC1=C(C(C)CCC)C(C(C)CCC)=CC1C(C)CCC. The molecule has 0 fully saturated rings. The third kappa shape index (κ3) is 9.07. The summed E-state index contributed by atoms with van der Waals surface area (Å²) in [4.78, 5) is 2.77. The van der Waals surface area contributed by atoms with Crippen molar-refractivity contribution >= 4 is 0 Å². The van der Waals surface area contributed by atoms with E-state index < -0.39 is 0 Å². The number of hydrogen-bond acceptors (Lipinski definition) is 1. The number of unbranched alkanes of at least 4 members (excludes halogenated alkanes) is 2. The smallest absolute Gasteiger partial charge is 0.00190 e. The topological polar surface area (TPSA) is 3.24 Å². The van der Waals surface area contributed by atoms with Crippen molar-refractivity contribution in [2.45, 2.75) is 126 Å². The molecule has 1 aliphatic carbocycles. The second-order valence-corrected chi connectivity index (χ2v) is 10.5. The Balaban J connectivity index is 3.23. The summed E-state index contributed by atoms with van der Waals surface area (Å²) in [6.45, 7) is 23.1. The minimum absolute atomic E-state index is 0.683. The Morgan fingerprint density at radius 3 is 1.77 bits per heavy atom. The summed E-state index contributed by atoms with van der Waals surface area (Å²) in [6.07, 6.45) is 17.2. The van der Waals surface area contributed by atoms with Crippen molar-refractivity contribution in [3.05, 3.63) is 22.8 Å². The van der Waals surface area contributed by atoms with Crippen LogP contribution in [-0.4, -0.2) is 24.5 Å². The molecule has 0 amide bonds. The van der Waals surface area contributed by atoms with E-state index in [9.17, 15) is 0 Å². The van der Waals surface area contributed by atoms with E-state index in [-0.39, 0.29) is 0 Å². The first-order valence-corrected chi connectivity index (χ1v) is 14.1. The summed E-state index contributed by atoms with van der Waals surface area (Å²) in [5.41, 5.74) is 5.36. The van der Waals surface area contributed by atoms with Gasteiger partial charge in [0.05, 0.1) is 0 Å². The fourth-order valence-electron chi connectivity index (χ4n) is 5.77. The molecular formula is C30H57N. The van der Waals surface area contributed by atoms with Crippen molar-refractivity contribution in [2.75, 3.05) is 19.6 Å². The lowest BCUT2D eigenvalue weighted by atomic mass is 9.80. The van der Waals surface area contributed by atoms with Gasteiger partial charge in [-0.05, 0) is 74.1 Å². The van der Waals surface area contributed by atoms with Gasteiger partial charge in [0.2, 0.25) is 0 Å². The molecular weight excluding hydrogens is 374 g/mol. The Morgan fingerprint density at radius 2 is 1.26 bits per heavy atom. The predicted octanol–water partition coefficient (Wildman–Crippen LogP) is 9.44. The summed E-state index contributed by atoms with van der Waals surface area (Å²) in [5, 5.41) is 0. The van der Waals surface area contributed by atoms with Gasteiger partial charge in [-0.25, -0.2) is 0 Å². The largest absolute Gasteiger partial charge is 0.303 e. The molecule has 0 radical (unpaired) electrons. The van der Waals surface area contributed by atoms with Gasteiger partial charge in [-0.1, -0.05) is 106 Å². The minimum atomic E-state index is 0.683. The lowest BCUT2D eigenvalue weighted by Crippen LogP contribution is -2.28. The average molecular weight is 432 g/mol. The Hall–Kier alpha value is -0.560. The van der Waals surface area contributed by atoms with Gasteiger partial charge in [-0.15, -0.1) is 0 Å². The number of allylic oxidation sites excluding steroid dienone is 3. The summed E-state index contributed by atoms with van der Waals surface area (Å²) in [6, 6.07) is 0. The fourth-order valence-corrected chi connectivity index (χ4v) is 5.77. The highest BCUT2D eigenvalue weighted by Crippen LogP contribution is 2.46. The molecule has 0 spiro atoms. The zero-order chi connectivity index (χ0) is 23.2. The van der Waals surface area contributed by atoms with E-state index >= 15 is 0 Å². The van der Waals surface area contributed by atoms with Crippen molar-refractivity contribution in [3.8, 4) is 0 Å². The van der Waals surface area contributed by atoms with Crippen molar-refractivity contribution in [1.82, 2.24) is 4.90 Å². The van der Waals surface area contributed by atoms with Crippen LogP contribution in [0.3, 0.4) is 0 Å². The molecule has 31 heavy (non-hydrogen) atoms. The quantitative estimate of drug-likeness (QED) is 0.209. The van der Waals surface area contributed by atoms with Crippen molar-refractivity contribution in [3.63, 3.8) is 0 Å². The third-order valence-electron chi connectivity index (χ3n) is 7.60. The normalized spacial score (nSPS) is 19.8. The number of nitrogens with zero attached hydrogens (tertiary/aromatic N) is 1. The second kappa shape index (κ2) is 16.1. The Bertz CT molecular complexity index is 521. The number of rotatable bonds is 18. The van der Waals surface area contributed by atoms with Crippen LogP contribution >= 0.6 is 0 Å². The van der Waals surface area contributed by atoms with Crippen LogP contribution in [0.15, 0.2) is 22.8 Å². The highest BCUT2D eigenvalue weighted by Gasteiger charge is 2.33. The van der Waals surface area contributed by atoms with Gasteiger partial charge in [0.15, 0.2) is 0 Å². The maximum Gasteiger partial charge on any atom is 0.00190 e. The second-order valence-electron chi connectivity index (χ2n) is 10.5. The van der Waals surface area contributed by atoms with E-state index in [1.165, 1.54) is 90.3 Å². The van der Waals surface area contributed by atoms with E-state index in [0.29, 0.717) is 17.8 Å². The molecule has 0 aromatic carbocycles. The van der Waals surface area contributed by atoms with Gasteiger partial charge < -0.3 is 4.90 Å². The standard InChI is InChI=1S/C30H57N/c1-9-14-20-31(21-15-10-2)22-19-27-28(24(6)16-11-3)23-29(25(7)17-12-4)30(27)26(8)18-13-5/h23-26,28H,9-22H2,1-8H3. The predicted molar refractivity (Wildman–Crippen MR) is 142 cm³/mol. The first-order valence-electron chi connectivity index (χ1n) is 14.1. The molecule has 182 valence electrons. The van der Waals surface area contributed by atoms with E-state index in [0.717, 1.165) is 5.92 Å². The molecule has 0 aliphatic heterocycles. The molecule has 0 N–H and O–H groups in total. The Morgan fingerprint density at radius 1 is 0.710 bits per heavy atom. The zero-order valence-electron chi connectivity index (χ0n) is 22.7. The molecule has 1 heteroatoms. The van der Waals surface area contributed by atoms with E-state index in [1.54, 1.807) is 11.1 Å². The zero-order valence-corrected chi connectivity index (χ0v) is 22.7. The summed E-state index contributed by atoms with van der Waals surface area (Å²) in [7, 11) is 0. The maximum absolute atomic E-state index is 2.77. The molecule has 4 unspecified atom stereocenters. The molecule has 0 aromatic heterocycles. The minimum Gasteiger partial charge on any atom is -0.303 e. The molecule has 0 saturated carbocycles. The van der Waals surface area contributed by atoms with E-state index in [4.69, 9.17) is 0 Å². The van der Waals surface area contributed by atoms with Crippen LogP contribution in [0.1, 0.15) is 126 Å². The lowest BCUT2D eigenvalue weighted by molar-refractivity contribution is 0.264. The Kier molecular flexibility index (Phi) is 14.8. The van der Waals surface area contributed by atoms with E-state index in [1.807, 2.05) is 5.57 Å². The van der Waals surface area contributed by atoms with Gasteiger partial charge in [-0.3, -0.25) is 0 Å². The molecule has 0 heterocycles. The molecule has 4 atom stereocenters. The summed E-state index contributed by atoms with van der Waals surface area (Å²) >= 11 is 0. The third-order valence-corrected chi connectivity index (χ3v) is 7.60. The van der Waals surface area contributed by atoms with Gasteiger partial charge in [0.25, 0.3) is 0 Å². The summed E-state index contributed by atoms with van der Waals surface area (Å²) in [5.74, 6) is 2.88. The van der Waals surface area contributed by atoms with Gasteiger partial charge in [0.1, 0.15) is 0 Å².